The minimum Gasteiger partial charge on any atom is -0.507 e. The Bertz CT molecular complexity index is 2240. The molecule has 1 aliphatic carbocycles. The Kier molecular flexibility index (Phi) is 9.99. The standard InChI is InChI=1S/C43H52N2O11/c1-12-13-30-43(7,56-30)26-18-52-40-31(38(26)50)19(2)14-25-33(40)39(51)34-32(37(25)49)23(28-16-27(44(8)9)35(47)20(3)53-28)15-24(36(34)48)29-17-42(6,45(10)11)41(21(4)54-29)55-22(5)46/h12-15,18,20-21,27-30,35,41,47-48H,16-17H2,1-11H3/b13-12+/t20-,21+,27-,28-,29-,30?,35-,41-,42+,43?/m1/s1. The van der Waals surface area contributed by atoms with E-state index in [0.717, 1.165) is 0 Å². The third-order valence-corrected chi connectivity index (χ3v) is 12.7. The van der Waals surface area contributed by atoms with E-state index in [0.29, 0.717) is 16.7 Å². The number of allylic oxidation sites excluding steroid dienone is 1. The maximum atomic E-state index is 15.1. The highest BCUT2D eigenvalue weighted by Gasteiger charge is 2.55. The van der Waals surface area contributed by atoms with Crippen LogP contribution >= 0.6 is 0 Å². The van der Waals surface area contributed by atoms with Crippen molar-refractivity contribution >= 4 is 28.5 Å². The van der Waals surface area contributed by atoms with Gasteiger partial charge in [-0.1, -0.05) is 12.2 Å². The van der Waals surface area contributed by atoms with Crippen LogP contribution in [0.2, 0.25) is 0 Å². The Morgan fingerprint density at radius 1 is 0.964 bits per heavy atom. The Labute approximate surface area is 326 Å². The van der Waals surface area contributed by atoms with Crippen LogP contribution in [0, 0.1) is 6.92 Å². The van der Waals surface area contributed by atoms with Crippen LogP contribution in [0.4, 0.5) is 0 Å². The van der Waals surface area contributed by atoms with E-state index in [1.165, 1.54) is 19.3 Å². The number of esters is 1. The zero-order valence-corrected chi connectivity index (χ0v) is 33.9. The lowest BCUT2D eigenvalue weighted by molar-refractivity contribution is -0.201. The van der Waals surface area contributed by atoms with Gasteiger partial charge in [0.1, 0.15) is 35.4 Å². The Morgan fingerprint density at radius 3 is 2.27 bits per heavy atom. The lowest BCUT2D eigenvalue weighted by atomic mass is 9.74. The first kappa shape index (κ1) is 40.0. The number of likely N-dealkylation sites (N-methyl/N-ethyl adjacent to an activating group) is 2. The summed E-state index contributed by atoms with van der Waals surface area (Å²) in [4.78, 5) is 60.2. The fourth-order valence-electron chi connectivity index (χ4n) is 9.21. The summed E-state index contributed by atoms with van der Waals surface area (Å²) in [5, 5.41) is 23.6. The number of phenolic OH excluding ortho intramolecular Hbond substituents is 1. The molecule has 4 heterocycles. The predicted octanol–water partition coefficient (Wildman–Crippen LogP) is 5.02. The highest BCUT2D eigenvalue weighted by atomic mass is 16.6. The van der Waals surface area contributed by atoms with Gasteiger partial charge in [0, 0.05) is 29.7 Å². The van der Waals surface area contributed by atoms with Gasteiger partial charge < -0.3 is 43.4 Å². The molecule has 300 valence electrons. The van der Waals surface area contributed by atoms with Gasteiger partial charge in [0.2, 0.25) is 5.78 Å². The molecule has 1 aromatic heterocycles. The van der Waals surface area contributed by atoms with Crippen LogP contribution in [0.5, 0.6) is 5.75 Å². The summed E-state index contributed by atoms with van der Waals surface area (Å²) >= 11 is 0. The van der Waals surface area contributed by atoms with Crippen molar-refractivity contribution in [3.8, 4) is 5.75 Å². The minimum atomic E-state index is -0.917. The van der Waals surface area contributed by atoms with Crippen LogP contribution in [0.1, 0.15) is 121 Å². The molecule has 2 unspecified atom stereocenters. The van der Waals surface area contributed by atoms with E-state index in [1.807, 2.05) is 64.0 Å². The van der Waals surface area contributed by atoms with E-state index in [-0.39, 0.29) is 69.2 Å². The first-order valence-electron chi connectivity index (χ1n) is 19.2. The number of ketones is 2. The van der Waals surface area contributed by atoms with Gasteiger partial charge >= 0.3 is 5.97 Å². The highest BCUT2D eigenvalue weighted by molar-refractivity contribution is 6.33. The normalized spacial score (nSPS) is 33.0. The quantitative estimate of drug-likeness (QED) is 0.146. The van der Waals surface area contributed by atoms with E-state index in [2.05, 4.69) is 0 Å². The molecule has 0 amide bonds. The zero-order chi connectivity index (χ0) is 40.9. The molecule has 13 nitrogen and oxygen atoms in total. The van der Waals surface area contributed by atoms with Gasteiger partial charge in [-0.25, -0.2) is 0 Å². The molecule has 3 fully saturated rings. The maximum Gasteiger partial charge on any atom is 0.303 e. The average Bonchev–Trinajstić information content (AvgIpc) is 3.78. The number of hydrogen-bond donors (Lipinski definition) is 2. The lowest BCUT2D eigenvalue weighted by Crippen LogP contribution is -2.61. The van der Waals surface area contributed by atoms with Crippen molar-refractivity contribution in [2.24, 2.45) is 0 Å². The summed E-state index contributed by atoms with van der Waals surface area (Å²) in [6.07, 6.45) is 0.829. The topological polar surface area (TPSA) is 169 Å². The van der Waals surface area contributed by atoms with E-state index < -0.39 is 71.0 Å². The third-order valence-electron chi connectivity index (χ3n) is 12.7. The van der Waals surface area contributed by atoms with Crippen molar-refractivity contribution in [3.05, 3.63) is 85.3 Å². The van der Waals surface area contributed by atoms with Crippen LogP contribution in [0.15, 0.2) is 39.8 Å². The Balaban J connectivity index is 1.44. The fourth-order valence-corrected chi connectivity index (χ4v) is 9.21. The number of hydrogen-bond acceptors (Lipinski definition) is 13. The van der Waals surface area contributed by atoms with Gasteiger partial charge in [0.25, 0.3) is 0 Å². The van der Waals surface area contributed by atoms with Crippen molar-refractivity contribution in [2.45, 2.75) is 121 Å². The zero-order valence-electron chi connectivity index (χ0n) is 33.9. The molecular formula is C43H52N2O11. The second-order valence-electron chi connectivity index (χ2n) is 16.7. The molecule has 56 heavy (non-hydrogen) atoms. The SMILES string of the molecule is C/C=C/C1OC1(C)c1coc2c3c(cc(C)c2c1=O)C(=O)c1c([C@H]2C[C@@H](N(C)C)[C@H](O)[C@@H](C)O2)cc([C@H]2C[C@](C)(N(C)C)[C@H](OC(C)=O)[C@H](C)O2)c(O)c1C3=O. The number of ether oxygens (including phenoxy) is 4. The lowest BCUT2D eigenvalue weighted by Gasteiger charge is -2.50. The maximum absolute atomic E-state index is 15.1. The van der Waals surface area contributed by atoms with Crippen LogP contribution in [-0.4, -0.2) is 108 Å². The predicted molar refractivity (Wildman–Crippen MR) is 206 cm³/mol. The number of aliphatic hydroxyl groups is 1. The van der Waals surface area contributed by atoms with Gasteiger partial charge in [-0.05, 0) is 106 Å². The van der Waals surface area contributed by atoms with E-state index in [1.54, 1.807) is 33.8 Å². The highest BCUT2D eigenvalue weighted by Crippen LogP contribution is 2.51. The molecule has 0 spiro atoms. The van der Waals surface area contributed by atoms with Crippen molar-refractivity contribution in [1.82, 2.24) is 9.80 Å². The van der Waals surface area contributed by atoms with Gasteiger partial charge in [0.15, 0.2) is 11.2 Å². The van der Waals surface area contributed by atoms with Crippen LogP contribution in [0.25, 0.3) is 11.0 Å². The van der Waals surface area contributed by atoms with Crippen molar-refractivity contribution in [1.29, 1.82) is 0 Å². The number of carbonyl (C=O) groups is 3. The van der Waals surface area contributed by atoms with E-state index in [4.69, 9.17) is 23.4 Å². The van der Waals surface area contributed by atoms with Crippen molar-refractivity contribution < 1.29 is 48.0 Å². The number of aliphatic hydroxyl groups excluding tert-OH is 1. The Hall–Kier alpha value is -4.24. The van der Waals surface area contributed by atoms with Crippen LogP contribution < -0.4 is 5.43 Å². The second kappa shape index (κ2) is 14.0. The monoisotopic (exact) mass is 772 g/mol. The van der Waals surface area contributed by atoms with Crippen molar-refractivity contribution in [3.63, 3.8) is 0 Å². The van der Waals surface area contributed by atoms with Crippen LogP contribution in [0.3, 0.4) is 0 Å². The molecule has 7 rings (SSSR count). The third kappa shape index (κ3) is 6.06. The molecule has 13 heteroatoms. The number of phenols is 1. The number of fused-ring (bicyclic) bond motifs is 4. The number of aryl methyl sites for hydroxylation is 1. The molecule has 3 aromatic rings. The van der Waals surface area contributed by atoms with Crippen LogP contribution in [-0.2, 0) is 29.3 Å². The smallest absolute Gasteiger partial charge is 0.303 e. The number of rotatable bonds is 7. The first-order valence-corrected chi connectivity index (χ1v) is 19.2. The van der Waals surface area contributed by atoms with Gasteiger partial charge in [0.05, 0.1) is 58.1 Å². The number of carbonyl (C=O) groups excluding carboxylic acids is 3. The van der Waals surface area contributed by atoms with Crippen molar-refractivity contribution in [2.75, 3.05) is 28.2 Å². The molecule has 2 N–H and O–H groups in total. The minimum absolute atomic E-state index is 0.0160. The average molecular weight is 773 g/mol. The second-order valence-corrected chi connectivity index (χ2v) is 16.7. The molecule has 0 radical (unpaired) electrons. The molecule has 3 saturated heterocycles. The number of aromatic hydroxyl groups is 1. The Morgan fingerprint density at radius 2 is 1.64 bits per heavy atom. The summed E-state index contributed by atoms with van der Waals surface area (Å²) in [5.74, 6) is -2.13. The van der Waals surface area contributed by atoms with E-state index in [9.17, 15) is 24.6 Å². The number of benzene rings is 2. The molecule has 4 aliphatic rings. The van der Waals surface area contributed by atoms with Gasteiger partial charge in [-0.3, -0.25) is 19.2 Å². The molecule has 3 aliphatic heterocycles. The molecular weight excluding hydrogens is 720 g/mol. The largest absolute Gasteiger partial charge is 0.507 e. The summed E-state index contributed by atoms with van der Waals surface area (Å²) in [6.45, 7) is 12.2. The molecule has 2 aromatic carbocycles. The summed E-state index contributed by atoms with van der Waals surface area (Å²) in [7, 11) is 7.45. The molecule has 0 bridgehead atoms. The van der Waals surface area contributed by atoms with E-state index >= 15 is 4.79 Å². The summed E-state index contributed by atoms with van der Waals surface area (Å²) in [6, 6.07) is 2.87. The first-order chi connectivity index (χ1) is 26.3. The summed E-state index contributed by atoms with van der Waals surface area (Å²) < 4.78 is 30.8. The van der Waals surface area contributed by atoms with Gasteiger partial charge in [-0.2, -0.15) is 0 Å². The number of nitrogens with zero attached hydrogens (tertiary/aromatic N) is 2. The molecule has 0 saturated carbocycles. The fraction of sp³-hybridized carbons (Fsp3) is 0.535. The molecule has 10 atom stereocenters. The summed E-state index contributed by atoms with van der Waals surface area (Å²) in [5.41, 5.74) is -1.11. The number of epoxide rings is 1. The van der Waals surface area contributed by atoms with Gasteiger partial charge in [-0.15, -0.1) is 0 Å².